The lowest BCUT2D eigenvalue weighted by Gasteiger charge is -2.09. The maximum atomic E-state index is 12.3. The van der Waals surface area contributed by atoms with Gasteiger partial charge < -0.3 is 21.7 Å². The third kappa shape index (κ3) is 5.09. The number of para-hydroxylation sites is 3. The van der Waals surface area contributed by atoms with E-state index in [1.54, 1.807) is 48.5 Å². The largest absolute Gasteiger partial charge is 0.397 e. The first-order valence-electron chi connectivity index (χ1n) is 8.46. The Labute approximate surface area is 157 Å². The van der Waals surface area contributed by atoms with Crippen molar-refractivity contribution in [1.29, 1.82) is 0 Å². The van der Waals surface area contributed by atoms with Crippen molar-refractivity contribution < 1.29 is 9.59 Å². The lowest BCUT2D eigenvalue weighted by molar-refractivity contribution is 0.102. The number of amides is 3. The van der Waals surface area contributed by atoms with Gasteiger partial charge in [-0.3, -0.25) is 4.79 Å². The Hall–Kier alpha value is -3.80. The van der Waals surface area contributed by atoms with Gasteiger partial charge in [-0.05, 0) is 42.0 Å². The first-order valence-corrected chi connectivity index (χ1v) is 8.46. The summed E-state index contributed by atoms with van der Waals surface area (Å²) in [5, 5.41) is 8.30. The summed E-state index contributed by atoms with van der Waals surface area (Å²) in [5.41, 5.74) is 9.04. The van der Waals surface area contributed by atoms with Crippen molar-refractivity contribution in [2.45, 2.75) is 6.54 Å². The van der Waals surface area contributed by atoms with Gasteiger partial charge in [0.05, 0.1) is 11.4 Å². The number of nitrogen functional groups attached to an aromatic ring is 1. The normalized spacial score (nSPS) is 10.1. The lowest BCUT2D eigenvalue weighted by Crippen LogP contribution is -2.28. The van der Waals surface area contributed by atoms with Crippen LogP contribution in [0.4, 0.5) is 21.9 Å². The van der Waals surface area contributed by atoms with Gasteiger partial charge in [0.1, 0.15) is 0 Å². The van der Waals surface area contributed by atoms with E-state index in [4.69, 9.17) is 5.73 Å². The highest BCUT2D eigenvalue weighted by Crippen LogP contribution is 2.18. The third-order valence-electron chi connectivity index (χ3n) is 3.91. The van der Waals surface area contributed by atoms with Gasteiger partial charge in [0.25, 0.3) is 5.91 Å². The number of benzene rings is 3. The average Bonchev–Trinajstić information content (AvgIpc) is 2.69. The summed E-state index contributed by atoms with van der Waals surface area (Å²) in [7, 11) is 0. The van der Waals surface area contributed by atoms with Crippen LogP contribution in [-0.2, 0) is 6.54 Å². The number of carbonyl (C=O) groups excluding carboxylic acids is 2. The van der Waals surface area contributed by atoms with Crippen molar-refractivity contribution >= 4 is 29.0 Å². The zero-order chi connectivity index (χ0) is 19.1. The number of rotatable bonds is 5. The maximum Gasteiger partial charge on any atom is 0.319 e. The quantitative estimate of drug-likeness (QED) is 0.521. The van der Waals surface area contributed by atoms with Crippen LogP contribution in [0.15, 0.2) is 78.9 Å². The molecule has 0 saturated heterocycles. The van der Waals surface area contributed by atoms with Gasteiger partial charge >= 0.3 is 6.03 Å². The molecule has 0 aliphatic carbocycles. The summed E-state index contributed by atoms with van der Waals surface area (Å²) in [6.07, 6.45) is 0. The van der Waals surface area contributed by atoms with E-state index in [9.17, 15) is 9.59 Å². The number of hydrogen-bond donors (Lipinski definition) is 4. The summed E-state index contributed by atoms with van der Waals surface area (Å²) in [4.78, 5) is 24.2. The maximum absolute atomic E-state index is 12.3. The van der Waals surface area contributed by atoms with E-state index < -0.39 is 0 Å². The molecule has 0 fully saturated rings. The summed E-state index contributed by atoms with van der Waals surface area (Å²) >= 11 is 0. The Bertz CT molecular complexity index is 924. The molecule has 5 N–H and O–H groups in total. The Morgan fingerprint density at radius 3 is 2.15 bits per heavy atom. The van der Waals surface area contributed by atoms with Crippen molar-refractivity contribution in [3.05, 3.63) is 90.0 Å². The topological polar surface area (TPSA) is 96.2 Å². The summed E-state index contributed by atoms with van der Waals surface area (Å²) < 4.78 is 0. The van der Waals surface area contributed by atoms with Gasteiger partial charge in [-0.1, -0.05) is 42.5 Å². The van der Waals surface area contributed by atoms with Gasteiger partial charge in [-0.2, -0.15) is 0 Å². The van der Waals surface area contributed by atoms with Crippen LogP contribution in [0, 0.1) is 0 Å². The van der Waals surface area contributed by atoms with Crippen LogP contribution < -0.4 is 21.7 Å². The first kappa shape index (κ1) is 18.0. The smallest absolute Gasteiger partial charge is 0.319 e. The summed E-state index contributed by atoms with van der Waals surface area (Å²) in [6, 6.07) is 23.0. The predicted octanol–water partition coefficient (Wildman–Crippen LogP) is 3.84. The van der Waals surface area contributed by atoms with Gasteiger partial charge in [-0.15, -0.1) is 0 Å². The van der Waals surface area contributed by atoms with Crippen molar-refractivity contribution in [2.24, 2.45) is 0 Å². The first-order chi connectivity index (χ1) is 13.1. The molecule has 0 radical (unpaired) electrons. The highest BCUT2D eigenvalue weighted by Gasteiger charge is 2.08. The second-order valence-electron chi connectivity index (χ2n) is 5.91. The Morgan fingerprint density at radius 2 is 1.44 bits per heavy atom. The predicted molar refractivity (Wildman–Crippen MR) is 108 cm³/mol. The van der Waals surface area contributed by atoms with Crippen LogP contribution in [0.25, 0.3) is 0 Å². The number of anilines is 3. The van der Waals surface area contributed by atoms with E-state index in [0.717, 1.165) is 11.3 Å². The molecule has 0 spiro atoms. The molecular weight excluding hydrogens is 340 g/mol. The summed E-state index contributed by atoms with van der Waals surface area (Å²) in [5.74, 6) is -0.241. The monoisotopic (exact) mass is 360 g/mol. The highest BCUT2D eigenvalue weighted by atomic mass is 16.2. The van der Waals surface area contributed by atoms with Crippen molar-refractivity contribution in [3.63, 3.8) is 0 Å². The van der Waals surface area contributed by atoms with E-state index in [-0.39, 0.29) is 11.9 Å². The average molecular weight is 360 g/mol. The van der Waals surface area contributed by atoms with Crippen LogP contribution in [0.3, 0.4) is 0 Å². The minimum absolute atomic E-state index is 0.241. The number of nitrogens with one attached hydrogen (secondary N) is 3. The fraction of sp³-hybridized carbons (Fsp3) is 0.0476. The fourth-order valence-electron chi connectivity index (χ4n) is 2.46. The molecule has 136 valence electrons. The van der Waals surface area contributed by atoms with E-state index >= 15 is 0 Å². The van der Waals surface area contributed by atoms with Crippen LogP contribution in [0.5, 0.6) is 0 Å². The number of urea groups is 1. The molecule has 3 amide bonds. The van der Waals surface area contributed by atoms with Crippen molar-refractivity contribution in [3.8, 4) is 0 Å². The molecule has 3 rings (SSSR count). The lowest BCUT2D eigenvalue weighted by atomic mass is 10.1. The molecule has 0 heterocycles. The van der Waals surface area contributed by atoms with Crippen molar-refractivity contribution in [2.75, 3.05) is 16.4 Å². The Morgan fingerprint density at radius 1 is 0.778 bits per heavy atom. The minimum Gasteiger partial charge on any atom is -0.397 e. The fourth-order valence-corrected chi connectivity index (χ4v) is 2.46. The third-order valence-corrected chi connectivity index (χ3v) is 3.91. The molecule has 6 heteroatoms. The second kappa shape index (κ2) is 8.53. The van der Waals surface area contributed by atoms with Gasteiger partial charge in [0.15, 0.2) is 0 Å². The molecule has 0 atom stereocenters. The van der Waals surface area contributed by atoms with Crippen LogP contribution >= 0.6 is 0 Å². The molecule has 0 aliphatic heterocycles. The van der Waals surface area contributed by atoms with E-state index in [2.05, 4.69) is 16.0 Å². The number of hydrogen-bond acceptors (Lipinski definition) is 3. The molecule has 3 aromatic rings. The molecule has 0 aliphatic rings. The minimum atomic E-state index is -0.289. The molecule has 0 aromatic heterocycles. The van der Waals surface area contributed by atoms with Crippen LogP contribution in [-0.4, -0.2) is 11.9 Å². The van der Waals surface area contributed by atoms with E-state index in [0.29, 0.717) is 23.5 Å². The SMILES string of the molecule is Nc1ccccc1NC(=O)c1ccc(CNC(=O)Nc2ccccc2)cc1. The van der Waals surface area contributed by atoms with Gasteiger partial charge in [-0.25, -0.2) is 4.79 Å². The molecule has 3 aromatic carbocycles. The van der Waals surface area contributed by atoms with Gasteiger partial charge in [0.2, 0.25) is 0 Å². The zero-order valence-corrected chi connectivity index (χ0v) is 14.6. The standard InChI is InChI=1S/C21H20N4O2/c22-18-8-4-5-9-19(18)25-20(26)16-12-10-15(11-13-16)14-23-21(27)24-17-6-2-1-3-7-17/h1-13H,14,22H2,(H,25,26)(H2,23,24,27). The molecular formula is C21H20N4O2. The molecule has 27 heavy (non-hydrogen) atoms. The summed E-state index contributed by atoms with van der Waals surface area (Å²) in [6.45, 7) is 0.353. The zero-order valence-electron chi connectivity index (χ0n) is 14.6. The Kier molecular flexibility index (Phi) is 5.69. The molecule has 0 saturated carbocycles. The molecule has 0 unspecified atom stereocenters. The number of nitrogens with two attached hydrogens (primary N) is 1. The van der Waals surface area contributed by atoms with E-state index in [1.807, 2.05) is 30.3 Å². The Balaban J connectivity index is 1.53. The van der Waals surface area contributed by atoms with Crippen molar-refractivity contribution in [1.82, 2.24) is 5.32 Å². The second-order valence-corrected chi connectivity index (χ2v) is 5.91. The van der Waals surface area contributed by atoms with Gasteiger partial charge in [0, 0.05) is 17.8 Å². The van der Waals surface area contributed by atoms with E-state index in [1.165, 1.54) is 0 Å². The molecule has 6 nitrogen and oxygen atoms in total. The number of carbonyl (C=O) groups is 2. The highest BCUT2D eigenvalue weighted by molar-refractivity contribution is 6.05. The molecule has 0 bridgehead atoms. The van der Waals surface area contributed by atoms with Crippen LogP contribution in [0.2, 0.25) is 0 Å². The van der Waals surface area contributed by atoms with Crippen LogP contribution in [0.1, 0.15) is 15.9 Å².